The second-order valence-corrected chi connectivity index (χ2v) is 3.63. The van der Waals surface area contributed by atoms with Gasteiger partial charge in [-0.3, -0.25) is 0 Å². The van der Waals surface area contributed by atoms with Crippen LogP contribution < -0.4 is 0 Å². The Hall–Kier alpha value is -0.0700. The number of hydrogen-bond acceptors (Lipinski definition) is 0. The Morgan fingerprint density at radius 3 is 1.80 bits per heavy atom. The molecule has 0 N–H and O–H groups in total. The van der Waals surface area contributed by atoms with Crippen LogP contribution in [0.4, 0.5) is 4.39 Å². The molecule has 0 aliphatic heterocycles. The van der Waals surface area contributed by atoms with Gasteiger partial charge in [0.05, 0.1) is 6.17 Å². The fourth-order valence-corrected chi connectivity index (χ4v) is 0.826. The van der Waals surface area contributed by atoms with E-state index in [1.165, 1.54) is 0 Å². The van der Waals surface area contributed by atoms with Gasteiger partial charge in [0.25, 0.3) is 0 Å². The quantitative estimate of drug-likeness (QED) is 0.568. The van der Waals surface area contributed by atoms with Gasteiger partial charge in [-0.25, -0.2) is 4.39 Å². The highest BCUT2D eigenvalue weighted by molar-refractivity contribution is 4.60. The Morgan fingerprint density at radius 1 is 1.00 bits per heavy atom. The highest BCUT2D eigenvalue weighted by Crippen LogP contribution is 2.16. The molecule has 0 aromatic heterocycles. The van der Waals surface area contributed by atoms with Crippen LogP contribution in [0, 0.1) is 11.8 Å². The lowest BCUT2D eigenvalue weighted by Crippen LogP contribution is -2.08. The van der Waals surface area contributed by atoms with Crippen LogP contribution in [0.1, 0.15) is 40.5 Å². The molecule has 0 saturated carbocycles. The molecular weight excluding hydrogens is 126 g/mol. The Balaban J connectivity index is 3.30. The van der Waals surface area contributed by atoms with Crippen molar-refractivity contribution >= 4 is 0 Å². The molecule has 0 amide bonds. The number of hydrogen-bond donors (Lipinski definition) is 0. The van der Waals surface area contributed by atoms with Crippen molar-refractivity contribution in [1.82, 2.24) is 0 Å². The largest absolute Gasteiger partial charge is 0.248 e. The molecule has 0 spiro atoms. The van der Waals surface area contributed by atoms with Crippen LogP contribution in [0.3, 0.4) is 0 Å². The summed E-state index contributed by atoms with van der Waals surface area (Å²) >= 11 is 0. The first-order chi connectivity index (χ1) is 4.54. The van der Waals surface area contributed by atoms with E-state index in [9.17, 15) is 4.39 Å². The molecule has 0 heterocycles. The zero-order chi connectivity index (χ0) is 8.15. The second kappa shape index (κ2) is 4.70. The SMILES string of the molecule is CC(C)CC[C@H](C)[C@@H](C)[18F]. The third kappa shape index (κ3) is 4.78. The van der Waals surface area contributed by atoms with Crippen LogP contribution in [0.5, 0.6) is 0 Å². The van der Waals surface area contributed by atoms with Crippen molar-refractivity contribution in [1.29, 1.82) is 0 Å². The molecule has 62 valence electrons. The van der Waals surface area contributed by atoms with E-state index in [4.69, 9.17) is 0 Å². The third-order valence-electron chi connectivity index (χ3n) is 1.98. The minimum absolute atomic E-state index is 0.238. The predicted octanol–water partition coefficient (Wildman–Crippen LogP) is 3.42. The highest BCUT2D eigenvalue weighted by atomic mass is 18.2. The van der Waals surface area contributed by atoms with E-state index < -0.39 is 6.17 Å². The van der Waals surface area contributed by atoms with Crippen LogP contribution in [-0.4, -0.2) is 6.17 Å². The Bertz CT molecular complexity index is 76.8. The molecule has 0 rings (SSSR count). The molecule has 10 heavy (non-hydrogen) atoms. The normalized spacial score (nSPS) is 17.4. The van der Waals surface area contributed by atoms with Crippen molar-refractivity contribution in [3.8, 4) is 0 Å². The van der Waals surface area contributed by atoms with E-state index in [0.717, 1.165) is 12.8 Å². The predicted molar refractivity (Wildman–Crippen MR) is 43.8 cm³/mol. The van der Waals surface area contributed by atoms with Gasteiger partial charge in [0.2, 0.25) is 0 Å². The van der Waals surface area contributed by atoms with Gasteiger partial charge in [-0.2, -0.15) is 0 Å². The van der Waals surface area contributed by atoms with Gasteiger partial charge in [-0.05, 0) is 25.2 Å². The molecule has 0 aliphatic carbocycles. The lowest BCUT2D eigenvalue weighted by molar-refractivity contribution is 0.243. The van der Waals surface area contributed by atoms with E-state index in [0.29, 0.717) is 5.92 Å². The minimum atomic E-state index is -0.640. The maximum absolute atomic E-state index is 12.5. The summed E-state index contributed by atoms with van der Waals surface area (Å²) < 4.78 is 12.5. The number of alkyl halides is 1. The molecule has 0 saturated heterocycles. The summed E-state index contributed by atoms with van der Waals surface area (Å²) in [5.74, 6) is 0.948. The monoisotopic (exact) mass is 145 g/mol. The van der Waals surface area contributed by atoms with Crippen LogP contribution >= 0.6 is 0 Å². The van der Waals surface area contributed by atoms with E-state index in [2.05, 4.69) is 13.8 Å². The topological polar surface area (TPSA) is 0 Å². The summed E-state index contributed by atoms with van der Waals surface area (Å²) in [7, 11) is 0. The molecule has 0 unspecified atom stereocenters. The summed E-state index contributed by atoms with van der Waals surface area (Å²) in [4.78, 5) is 0. The van der Waals surface area contributed by atoms with Crippen molar-refractivity contribution in [2.24, 2.45) is 11.8 Å². The van der Waals surface area contributed by atoms with E-state index >= 15 is 0 Å². The van der Waals surface area contributed by atoms with Gasteiger partial charge in [0.15, 0.2) is 0 Å². The first-order valence-electron chi connectivity index (χ1n) is 4.18. The van der Waals surface area contributed by atoms with Crippen molar-refractivity contribution in [2.45, 2.75) is 46.7 Å². The lowest BCUT2D eigenvalue weighted by atomic mass is 9.96. The molecule has 0 fully saturated rings. The van der Waals surface area contributed by atoms with Gasteiger partial charge < -0.3 is 0 Å². The average molecular weight is 145 g/mol. The molecule has 1 heteroatoms. The van der Waals surface area contributed by atoms with Gasteiger partial charge >= 0.3 is 0 Å². The zero-order valence-corrected chi connectivity index (χ0v) is 7.52. The first kappa shape index (κ1) is 9.93. The van der Waals surface area contributed by atoms with E-state index in [-0.39, 0.29) is 5.92 Å². The summed E-state index contributed by atoms with van der Waals surface area (Å²) in [6, 6.07) is 0. The molecule has 0 aromatic carbocycles. The van der Waals surface area contributed by atoms with Gasteiger partial charge in [-0.15, -0.1) is 0 Å². The fraction of sp³-hybridized carbons (Fsp3) is 1.00. The number of halogens is 1. The lowest BCUT2D eigenvalue weighted by Gasteiger charge is -2.13. The second-order valence-electron chi connectivity index (χ2n) is 3.63. The molecule has 0 nitrogen and oxygen atoms in total. The molecule has 0 aliphatic rings. The Labute approximate surface area is 63.8 Å². The molecular formula is C9H19F. The summed E-state index contributed by atoms with van der Waals surface area (Å²) in [5.41, 5.74) is 0. The minimum Gasteiger partial charge on any atom is -0.248 e. The highest BCUT2D eigenvalue weighted by Gasteiger charge is 2.10. The molecule has 0 bridgehead atoms. The average Bonchev–Trinajstić information content (AvgIpc) is 1.82. The molecule has 0 radical (unpaired) electrons. The van der Waals surface area contributed by atoms with E-state index in [1.54, 1.807) is 6.92 Å². The summed E-state index contributed by atoms with van der Waals surface area (Å²) in [5, 5.41) is 0. The maximum atomic E-state index is 12.5. The van der Waals surface area contributed by atoms with Crippen molar-refractivity contribution < 1.29 is 4.39 Å². The van der Waals surface area contributed by atoms with Crippen molar-refractivity contribution in [2.75, 3.05) is 0 Å². The van der Waals surface area contributed by atoms with Crippen LogP contribution in [-0.2, 0) is 0 Å². The number of rotatable bonds is 4. The zero-order valence-electron chi connectivity index (χ0n) is 7.52. The molecule has 2 atom stereocenters. The smallest absolute Gasteiger partial charge is 0.0998 e. The van der Waals surface area contributed by atoms with Gasteiger partial charge in [0, 0.05) is 0 Å². The Kier molecular flexibility index (Phi) is 4.67. The molecule has 0 aromatic rings. The first-order valence-corrected chi connectivity index (χ1v) is 4.18. The van der Waals surface area contributed by atoms with Crippen LogP contribution in [0.15, 0.2) is 0 Å². The summed E-state index contributed by atoms with van der Waals surface area (Å²) in [6.45, 7) is 7.98. The van der Waals surface area contributed by atoms with Crippen LogP contribution in [0.25, 0.3) is 0 Å². The summed E-state index contributed by atoms with van der Waals surface area (Å²) in [6.07, 6.45) is 1.53. The fourth-order valence-electron chi connectivity index (χ4n) is 0.826. The van der Waals surface area contributed by atoms with Crippen LogP contribution in [0.2, 0.25) is 0 Å². The maximum Gasteiger partial charge on any atom is 0.0998 e. The van der Waals surface area contributed by atoms with Gasteiger partial charge in [-0.1, -0.05) is 27.2 Å². The van der Waals surface area contributed by atoms with E-state index in [1.807, 2.05) is 6.92 Å². The van der Waals surface area contributed by atoms with Crippen molar-refractivity contribution in [3.05, 3.63) is 0 Å². The van der Waals surface area contributed by atoms with Gasteiger partial charge in [0.1, 0.15) is 0 Å². The van der Waals surface area contributed by atoms with Crippen molar-refractivity contribution in [3.63, 3.8) is 0 Å². The Morgan fingerprint density at radius 2 is 1.50 bits per heavy atom. The standard InChI is InChI=1S/C9H19F/c1-7(2)5-6-8(3)9(4)10/h7-9H,5-6H2,1-4H3/t8-,9+/m0/s1/i10-1. The third-order valence-corrected chi connectivity index (χ3v) is 1.98.